The van der Waals surface area contributed by atoms with E-state index in [9.17, 15) is 0 Å². The minimum Gasteiger partial charge on any atom is -0.378 e. The molecule has 0 fully saturated rings. The van der Waals surface area contributed by atoms with Gasteiger partial charge in [-0.05, 0) is 23.1 Å². The summed E-state index contributed by atoms with van der Waals surface area (Å²) in [4.78, 5) is 2.12. The Bertz CT molecular complexity index is 264. The summed E-state index contributed by atoms with van der Waals surface area (Å²) in [6, 6.07) is 8.74. The SMILES string of the molecule is CC.CN(C)c1ccc(C(C)(C)C)cc1. The van der Waals surface area contributed by atoms with Gasteiger partial charge in [0.25, 0.3) is 0 Å². The molecule has 1 heteroatoms. The zero-order valence-corrected chi connectivity index (χ0v) is 11.3. The van der Waals surface area contributed by atoms with Crippen molar-refractivity contribution < 1.29 is 0 Å². The van der Waals surface area contributed by atoms with E-state index >= 15 is 0 Å². The number of anilines is 1. The molecular formula is C14H25N. The van der Waals surface area contributed by atoms with Crippen LogP contribution >= 0.6 is 0 Å². The Hall–Kier alpha value is -0.980. The van der Waals surface area contributed by atoms with Crippen molar-refractivity contribution in [2.75, 3.05) is 19.0 Å². The zero-order chi connectivity index (χ0) is 12.1. The highest BCUT2D eigenvalue weighted by atomic mass is 15.1. The first-order valence-corrected chi connectivity index (χ1v) is 5.69. The van der Waals surface area contributed by atoms with Crippen molar-refractivity contribution in [3.05, 3.63) is 29.8 Å². The molecular weight excluding hydrogens is 182 g/mol. The molecule has 1 rings (SSSR count). The van der Waals surface area contributed by atoms with Crippen molar-refractivity contribution in [3.8, 4) is 0 Å². The van der Waals surface area contributed by atoms with Gasteiger partial charge in [-0.15, -0.1) is 0 Å². The van der Waals surface area contributed by atoms with Crippen LogP contribution in [0.2, 0.25) is 0 Å². The van der Waals surface area contributed by atoms with Crippen molar-refractivity contribution >= 4 is 5.69 Å². The maximum Gasteiger partial charge on any atom is 0.0361 e. The normalized spacial score (nSPS) is 10.3. The van der Waals surface area contributed by atoms with Crippen LogP contribution in [0.25, 0.3) is 0 Å². The van der Waals surface area contributed by atoms with Gasteiger partial charge in [0.05, 0.1) is 0 Å². The predicted molar refractivity (Wildman–Crippen MR) is 70.8 cm³/mol. The third-order valence-corrected chi connectivity index (χ3v) is 2.25. The second-order valence-electron chi connectivity index (χ2n) is 4.69. The van der Waals surface area contributed by atoms with Crippen molar-refractivity contribution in [1.82, 2.24) is 0 Å². The van der Waals surface area contributed by atoms with Crippen molar-refractivity contribution in [2.45, 2.75) is 40.0 Å². The summed E-state index contributed by atoms with van der Waals surface area (Å²) in [5.41, 5.74) is 2.90. The molecule has 0 saturated carbocycles. The van der Waals surface area contributed by atoms with E-state index in [4.69, 9.17) is 0 Å². The number of benzene rings is 1. The van der Waals surface area contributed by atoms with Gasteiger partial charge in [-0.1, -0.05) is 46.8 Å². The lowest BCUT2D eigenvalue weighted by Gasteiger charge is -2.20. The van der Waals surface area contributed by atoms with Crippen LogP contribution in [0.1, 0.15) is 40.2 Å². The fraction of sp³-hybridized carbons (Fsp3) is 0.571. The molecule has 0 unspecified atom stereocenters. The van der Waals surface area contributed by atoms with Crippen LogP contribution in [0.15, 0.2) is 24.3 Å². The summed E-state index contributed by atoms with van der Waals surface area (Å²) in [5.74, 6) is 0. The van der Waals surface area contributed by atoms with Crippen LogP contribution in [-0.4, -0.2) is 14.1 Å². The first-order chi connectivity index (χ1) is 6.91. The second-order valence-corrected chi connectivity index (χ2v) is 4.69. The van der Waals surface area contributed by atoms with Gasteiger partial charge >= 0.3 is 0 Å². The van der Waals surface area contributed by atoms with Crippen molar-refractivity contribution in [2.24, 2.45) is 0 Å². The molecule has 0 aliphatic heterocycles. The largest absolute Gasteiger partial charge is 0.378 e. The van der Waals surface area contributed by atoms with Gasteiger partial charge in [-0.25, -0.2) is 0 Å². The van der Waals surface area contributed by atoms with Crippen LogP contribution in [0.5, 0.6) is 0 Å². The molecule has 0 bridgehead atoms. The van der Waals surface area contributed by atoms with E-state index in [1.54, 1.807) is 0 Å². The number of nitrogens with zero attached hydrogens (tertiary/aromatic N) is 1. The zero-order valence-electron chi connectivity index (χ0n) is 11.3. The maximum absolute atomic E-state index is 2.23. The quantitative estimate of drug-likeness (QED) is 0.671. The lowest BCUT2D eigenvalue weighted by Crippen LogP contribution is -2.12. The lowest BCUT2D eigenvalue weighted by molar-refractivity contribution is 0.590. The highest BCUT2D eigenvalue weighted by molar-refractivity contribution is 5.47. The van der Waals surface area contributed by atoms with Gasteiger partial charge < -0.3 is 4.90 Å². The van der Waals surface area contributed by atoms with Gasteiger partial charge in [0.15, 0.2) is 0 Å². The Kier molecular flexibility index (Phi) is 5.41. The van der Waals surface area contributed by atoms with E-state index in [0.29, 0.717) is 0 Å². The Morgan fingerprint density at radius 1 is 0.867 bits per heavy atom. The van der Waals surface area contributed by atoms with Crippen molar-refractivity contribution in [1.29, 1.82) is 0 Å². The molecule has 0 aliphatic rings. The summed E-state index contributed by atoms with van der Waals surface area (Å²) >= 11 is 0. The first kappa shape index (κ1) is 14.0. The van der Waals surface area contributed by atoms with Gasteiger partial charge in [-0.2, -0.15) is 0 Å². The average molecular weight is 207 g/mol. The Labute approximate surface area is 95.1 Å². The van der Waals surface area contributed by atoms with Crippen LogP contribution in [-0.2, 0) is 5.41 Å². The van der Waals surface area contributed by atoms with Gasteiger partial charge in [0.1, 0.15) is 0 Å². The molecule has 0 aliphatic carbocycles. The minimum absolute atomic E-state index is 0.255. The minimum atomic E-state index is 0.255. The maximum atomic E-state index is 2.23. The van der Waals surface area contributed by atoms with Crippen LogP contribution in [0.4, 0.5) is 5.69 Å². The van der Waals surface area contributed by atoms with Crippen LogP contribution in [0, 0.1) is 0 Å². The summed E-state index contributed by atoms with van der Waals surface area (Å²) in [5, 5.41) is 0. The molecule has 0 radical (unpaired) electrons. The van der Waals surface area contributed by atoms with E-state index in [1.807, 2.05) is 13.8 Å². The summed E-state index contributed by atoms with van der Waals surface area (Å²) in [6.45, 7) is 10.7. The molecule has 0 atom stereocenters. The molecule has 0 saturated heterocycles. The number of hydrogen-bond donors (Lipinski definition) is 0. The first-order valence-electron chi connectivity index (χ1n) is 5.69. The number of hydrogen-bond acceptors (Lipinski definition) is 1. The molecule has 0 N–H and O–H groups in total. The molecule has 1 nitrogen and oxygen atoms in total. The Morgan fingerprint density at radius 2 is 1.27 bits per heavy atom. The molecule has 15 heavy (non-hydrogen) atoms. The van der Waals surface area contributed by atoms with E-state index in [1.165, 1.54) is 11.3 Å². The number of rotatable bonds is 1. The van der Waals surface area contributed by atoms with Crippen molar-refractivity contribution in [3.63, 3.8) is 0 Å². The molecule has 1 aromatic carbocycles. The standard InChI is InChI=1S/C12H19N.C2H6/c1-12(2,3)10-6-8-11(9-7-10)13(4)5;1-2/h6-9H,1-5H3;1-2H3. The highest BCUT2D eigenvalue weighted by Crippen LogP contribution is 2.23. The summed E-state index contributed by atoms with van der Waals surface area (Å²) < 4.78 is 0. The Balaban J connectivity index is 0.000000921. The molecule has 0 amide bonds. The van der Waals surface area contributed by atoms with E-state index in [0.717, 1.165) is 0 Å². The molecule has 0 spiro atoms. The van der Waals surface area contributed by atoms with Gasteiger partial charge in [-0.3, -0.25) is 0 Å². The van der Waals surface area contributed by atoms with Crippen LogP contribution < -0.4 is 4.90 Å². The predicted octanol–water partition coefficient (Wildman–Crippen LogP) is 4.08. The summed E-state index contributed by atoms with van der Waals surface area (Å²) in [7, 11) is 4.12. The summed E-state index contributed by atoms with van der Waals surface area (Å²) in [6.07, 6.45) is 0. The fourth-order valence-corrected chi connectivity index (χ4v) is 1.26. The molecule has 86 valence electrons. The lowest BCUT2D eigenvalue weighted by atomic mass is 9.87. The average Bonchev–Trinajstić information content (AvgIpc) is 2.20. The van der Waals surface area contributed by atoms with E-state index < -0.39 is 0 Å². The fourth-order valence-electron chi connectivity index (χ4n) is 1.26. The smallest absolute Gasteiger partial charge is 0.0361 e. The Morgan fingerprint density at radius 3 is 1.53 bits per heavy atom. The molecule has 0 aromatic heterocycles. The third kappa shape index (κ3) is 4.37. The van der Waals surface area contributed by atoms with E-state index in [-0.39, 0.29) is 5.41 Å². The topological polar surface area (TPSA) is 3.24 Å². The highest BCUT2D eigenvalue weighted by Gasteiger charge is 2.12. The van der Waals surface area contributed by atoms with Gasteiger partial charge in [0, 0.05) is 19.8 Å². The van der Waals surface area contributed by atoms with Crippen LogP contribution in [0.3, 0.4) is 0 Å². The van der Waals surface area contributed by atoms with Gasteiger partial charge in [0.2, 0.25) is 0 Å². The second kappa shape index (κ2) is 5.79. The third-order valence-electron chi connectivity index (χ3n) is 2.25. The molecule has 0 heterocycles. The monoisotopic (exact) mass is 207 g/mol. The molecule has 1 aromatic rings. The van der Waals surface area contributed by atoms with E-state index in [2.05, 4.69) is 64.0 Å².